The van der Waals surface area contributed by atoms with Crippen molar-refractivity contribution < 1.29 is 4.42 Å². The second-order valence-corrected chi connectivity index (χ2v) is 39.7. The molecule has 660 valence electrons. The third-order valence-electron chi connectivity index (χ3n) is 31.0. The lowest BCUT2D eigenvalue weighted by molar-refractivity contribution is 0.660. The van der Waals surface area contributed by atoms with Crippen LogP contribution >= 0.6 is 11.3 Å². The molecule has 0 saturated carbocycles. The van der Waals surface area contributed by atoms with Crippen LogP contribution in [0.3, 0.4) is 0 Å². The number of fused-ring (bicyclic) bond motifs is 29. The Balaban J connectivity index is 0.000000138. The van der Waals surface area contributed by atoms with Gasteiger partial charge in [0.2, 0.25) is 0 Å². The summed E-state index contributed by atoms with van der Waals surface area (Å²) in [6.45, 7) is 4.74. The first-order chi connectivity index (χ1) is 69.7. The lowest BCUT2D eigenvalue weighted by atomic mass is 9.70. The number of thiophene rings is 1. The van der Waals surface area contributed by atoms with Gasteiger partial charge < -0.3 is 14.2 Å². The van der Waals surface area contributed by atoms with Crippen molar-refractivity contribution in [2.24, 2.45) is 0 Å². The maximum atomic E-state index is 6.56. The molecular formula is C137H90N2OS. The third-order valence-corrected chi connectivity index (χ3v) is 32.2. The van der Waals surface area contributed by atoms with Crippen LogP contribution in [0.4, 0.5) is 34.1 Å². The molecule has 0 N–H and O–H groups in total. The van der Waals surface area contributed by atoms with Crippen molar-refractivity contribution in [3.05, 3.63) is 565 Å². The van der Waals surface area contributed by atoms with Crippen LogP contribution in [0.5, 0.6) is 0 Å². The Bertz CT molecular complexity index is 9130. The Kier molecular flexibility index (Phi) is 18.7. The van der Waals surface area contributed by atoms with Crippen LogP contribution in [0.1, 0.15) is 69.5 Å². The molecule has 29 rings (SSSR count). The molecule has 2 heterocycles. The number of hydrogen-bond acceptors (Lipinski definition) is 4. The van der Waals surface area contributed by atoms with Crippen molar-refractivity contribution in [3.63, 3.8) is 0 Å². The van der Waals surface area contributed by atoms with Crippen molar-refractivity contribution in [2.45, 2.75) is 30.1 Å². The second-order valence-electron chi connectivity index (χ2n) is 38.6. The minimum absolute atomic E-state index is 0.175. The molecule has 24 aromatic rings. The zero-order valence-corrected chi connectivity index (χ0v) is 78.5. The average Bonchev–Trinajstić information content (AvgIpc) is 1.51. The standard InChI is InChI=1S/C70H47NO.C67H43NS/c1-69(2)60-28-11-6-20-53(60)56-39-38-49(43-65(56)69)71(48-36-34-45(35-37-48)52-26-16-27-58-57-23-10-15-33-66(57)72-68(52)58)50-41-46(44-18-4-3-5-19-44)40-47(42-50)51-25-17-32-64-67(51)59-24-9-14-31-63(59)70(64)61-29-12-7-21-54(61)55-22-8-13-30-62(55)70;1-3-19-44(20-4-1)47-41-48(52-28-18-34-62-65(52)58-27-9-14-33-61(58)67(62)59-31-12-7-24-54(59)55-25-8-13-32-60(55)67)43-50(42-47)68(63-35-15-10-23-51(63)45-21-5-2-6-22-45)49-39-37-46(38-40-49)53-29-17-30-57-56-26-11-16-36-64(56)69-66(53)57/h3-43H,1-2H3;1-43H. The summed E-state index contributed by atoms with van der Waals surface area (Å²) in [5.41, 5.74) is 50.2. The predicted molar refractivity (Wildman–Crippen MR) is 591 cm³/mol. The number of nitrogens with zero attached hydrogens (tertiary/aromatic N) is 2. The fraction of sp³-hybridized carbons (Fsp3) is 0.0365. The zero-order chi connectivity index (χ0) is 93.2. The van der Waals surface area contributed by atoms with Crippen molar-refractivity contribution >= 4 is 87.6 Å². The van der Waals surface area contributed by atoms with Crippen LogP contribution in [0.25, 0.3) is 176 Å². The summed E-state index contributed by atoms with van der Waals surface area (Å²) in [5, 5.41) is 4.88. The zero-order valence-electron chi connectivity index (χ0n) is 77.7. The summed E-state index contributed by atoms with van der Waals surface area (Å²) in [5.74, 6) is 0. The summed E-state index contributed by atoms with van der Waals surface area (Å²) in [7, 11) is 0. The Morgan fingerprint density at radius 1 is 0.191 bits per heavy atom. The van der Waals surface area contributed by atoms with E-state index in [1.807, 2.05) is 17.4 Å². The molecule has 5 aliphatic carbocycles. The fourth-order valence-corrected chi connectivity index (χ4v) is 26.2. The van der Waals surface area contributed by atoms with Crippen LogP contribution in [0.2, 0.25) is 0 Å². The molecule has 4 heteroatoms. The van der Waals surface area contributed by atoms with E-state index in [9.17, 15) is 0 Å². The van der Waals surface area contributed by atoms with Crippen molar-refractivity contribution in [1.29, 1.82) is 0 Å². The number of benzene rings is 22. The van der Waals surface area contributed by atoms with Crippen molar-refractivity contribution in [2.75, 3.05) is 9.80 Å². The lowest BCUT2D eigenvalue weighted by Gasteiger charge is -2.30. The van der Waals surface area contributed by atoms with Gasteiger partial charge in [0.15, 0.2) is 0 Å². The van der Waals surface area contributed by atoms with Gasteiger partial charge >= 0.3 is 0 Å². The molecule has 2 spiro atoms. The highest BCUT2D eigenvalue weighted by atomic mass is 32.1. The minimum Gasteiger partial charge on any atom is -0.455 e. The van der Waals surface area contributed by atoms with Crippen LogP contribution in [0, 0.1) is 0 Å². The van der Waals surface area contributed by atoms with E-state index >= 15 is 0 Å². The second kappa shape index (κ2) is 32.3. The Labute approximate surface area is 824 Å². The Morgan fingerprint density at radius 2 is 0.539 bits per heavy atom. The minimum atomic E-state index is -0.440. The predicted octanol–water partition coefficient (Wildman–Crippen LogP) is 37.2. The molecule has 3 nitrogen and oxygen atoms in total. The quantitative estimate of drug-likeness (QED) is 0.115. The van der Waals surface area contributed by atoms with Crippen molar-refractivity contribution in [1.82, 2.24) is 0 Å². The number of furan rings is 1. The highest BCUT2D eigenvalue weighted by Crippen LogP contribution is 2.67. The van der Waals surface area contributed by atoms with Gasteiger partial charge in [0, 0.05) is 75.9 Å². The van der Waals surface area contributed by atoms with E-state index in [0.717, 1.165) is 78.3 Å². The van der Waals surface area contributed by atoms with Crippen LogP contribution in [-0.2, 0) is 16.2 Å². The summed E-state index contributed by atoms with van der Waals surface area (Å²) in [6.07, 6.45) is 0. The van der Waals surface area contributed by atoms with Gasteiger partial charge in [-0.15, -0.1) is 11.3 Å². The van der Waals surface area contributed by atoms with Gasteiger partial charge in [0.25, 0.3) is 0 Å². The normalized spacial score (nSPS) is 13.3. The SMILES string of the molecule is CC1(C)c2ccccc2-c2ccc(N(c3ccc(-c4cccc5c4oc4ccccc45)cc3)c3cc(-c4ccccc4)cc(-c4cccc5c4-c4ccccc4C54c5ccccc5-c5ccccc54)c3)cc21.c1ccc(-c2cc(-c3cccc4c3-c3ccccc3C43c4ccccc4-c4ccccc43)cc(N(c3ccc(-c4cccc5c4sc4ccccc45)cc3)c3ccccc3-c3ccccc3)c2)cc1. The molecule has 0 aliphatic heterocycles. The van der Waals surface area contributed by atoms with Gasteiger partial charge in [0.05, 0.1) is 16.5 Å². The van der Waals surface area contributed by atoms with Crippen LogP contribution in [0.15, 0.2) is 514 Å². The molecule has 0 saturated heterocycles. The Morgan fingerprint density at radius 3 is 1.08 bits per heavy atom. The third kappa shape index (κ3) is 12.5. The van der Waals surface area contributed by atoms with E-state index in [1.165, 1.54) is 187 Å². The summed E-state index contributed by atoms with van der Waals surface area (Å²) in [4.78, 5) is 4.95. The van der Waals surface area contributed by atoms with E-state index in [2.05, 4.69) is 527 Å². The van der Waals surface area contributed by atoms with Crippen LogP contribution < -0.4 is 9.80 Å². The summed E-state index contributed by atoms with van der Waals surface area (Å²) >= 11 is 1.88. The first kappa shape index (κ1) is 81.8. The van der Waals surface area contributed by atoms with Gasteiger partial charge in [-0.1, -0.05) is 432 Å². The van der Waals surface area contributed by atoms with Crippen LogP contribution in [-0.4, -0.2) is 0 Å². The van der Waals surface area contributed by atoms with Gasteiger partial charge in [0.1, 0.15) is 11.2 Å². The van der Waals surface area contributed by atoms with Gasteiger partial charge in [-0.05, 0) is 269 Å². The molecule has 0 bridgehead atoms. The fourth-order valence-electron chi connectivity index (χ4n) is 24.9. The molecule has 0 atom stereocenters. The number of rotatable bonds is 13. The highest BCUT2D eigenvalue weighted by molar-refractivity contribution is 7.26. The van der Waals surface area contributed by atoms with Gasteiger partial charge in [-0.3, -0.25) is 0 Å². The number of para-hydroxylation sites is 3. The van der Waals surface area contributed by atoms with E-state index in [1.54, 1.807) is 0 Å². The van der Waals surface area contributed by atoms with Gasteiger partial charge in [-0.25, -0.2) is 0 Å². The van der Waals surface area contributed by atoms with Gasteiger partial charge in [-0.2, -0.15) is 0 Å². The number of anilines is 6. The molecule has 5 aliphatic rings. The van der Waals surface area contributed by atoms with E-state index in [-0.39, 0.29) is 5.41 Å². The molecule has 0 unspecified atom stereocenters. The molecule has 22 aromatic carbocycles. The Hall–Kier alpha value is -17.5. The summed E-state index contributed by atoms with van der Waals surface area (Å²) < 4.78 is 9.20. The maximum absolute atomic E-state index is 6.56. The molecule has 141 heavy (non-hydrogen) atoms. The van der Waals surface area contributed by atoms with E-state index in [0.29, 0.717) is 0 Å². The van der Waals surface area contributed by atoms with E-state index in [4.69, 9.17) is 4.42 Å². The molecule has 0 fully saturated rings. The molecule has 2 aromatic heterocycles. The topological polar surface area (TPSA) is 19.6 Å². The first-order valence-electron chi connectivity index (χ1n) is 49.0. The monoisotopic (exact) mass is 1810 g/mol. The highest BCUT2D eigenvalue weighted by Gasteiger charge is 2.54. The first-order valence-corrected chi connectivity index (χ1v) is 49.8. The van der Waals surface area contributed by atoms with E-state index < -0.39 is 10.8 Å². The summed E-state index contributed by atoms with van der Waals surface area (Å²) in [6, 6.07) is 189. The molecular weight excluding hydrogens is 1720 g/mol. The molecule has 0 radical (unpaired) electrons. The average molecular weight is 1810 g/mol. The lowest BCUT2D eigenvalue weighted by Crippen LogP contribution is -2.25. The molecule has 0 amide bonds. The maximum Gasteiger partial charge on any atom is 0.143 e. The largest absolute Gasteiger partial charge is 0.455 e. The smallest absolute Gasteiger partial charge is 0.143 e. The van der Waals surface area contributed by atoms with Crippen molar-refractivity contribution in [3.8, 4) is 134 Å². The number of hydrogen-bond donors (Lipinski definition) is 0.